The number of pyridine rings is 1. The number of H-pyrrole nitrogens is 1. The molecule has 0 saturated carbocycles. The van der Waals surface area contributed by atoms with E-state index in [1.54, 1.807) is 14.2 Å². The Morgan fingerprint density at radius 3 is 2.66 bits per heavy atom. The van der Waals surface area contributed by atoms with Crippen molar-refractivity contribution in [2.75, 3.05) is 27.4 Å². The van der Waals surface area contributed by atoms with Gasteiger partial charge in [-0.05, 0) is 84.8 Å². The second-order valence-electron chi connectivity index (χ2n) is 10.8. The van der Waals surface area contributed by atoms with Gasteiger partial charge in [0, 0.05) is 30.6 Å². The molecule has 1 fully saturated rings. The van der Waals surface area contributed by atoms with E-state index in [-0.39, 0.29) is 17.7 Å². The molecule has 0 unspecified atom stereocenters. The maximum atomic E-state index is 13.4. The van der Waals surface area contributed by atoms with Gasteiger partial charge in [0.25, 0.3) is 5.56 Å². The quantitative estimate of drug-likeness (QED) is 0.270. The van der Waals surface area contributed by atoms with Gasteiger partial charge >= 0.3 is 0 Å². The lowest BCUT2D eigenvalue weighted by molar-refractivity contribution is 0.0893. The van der Waals surface area contributed by atoms with E-state index in [1.807, 2.05) is 35.9 Å². The van der Waals surface area contributed by atoms with Gasteiger partial charge in [0.1, 0.15) is 0 Å². The summed E-state index contributed by atoms with van der Waals surface area (Å²) in [7, 11) is 3.28. The van der Waals surface area contributed by atoms with E-state index in [1.165, 1.54) is 0 Å². The smallest absolute Gasteiger partial charge is 0.252 e. The molecule has 0 radical (unpaired) electrons. The molecule has 1 saturated heterocycles. The highest BCUT2D eigenvalue weighted by Gasteiger charge is 2.28. The van der Waals surface area contributed by atoms with Crippen molar-refractivity contribution in [2.24, 2.45) is 0 Å². The molecule has 2 atom stereocenters. The topological polar surface area (TPSA) is 107 Å². The Hall–Kier alpha value is -3.76. The lowest BCUT2D eigenvalue weighted by Crippen LogP contribution is -2.34. The van der Waals surface area contributed by atoms with Crippen LogP contribution in [-0.4, -0.2) is 63.6 Å². The van der Waals surface area contributed by atoms with Crippen molar-refractivity contribution in [1.29, 1.82) is 0 Å². The number of fused-ring (bicyclic) bond motifs is 1. The summed E-state index contributed by atoms with van der Waals surface area (Å²) in [5.74, 6) is 2.18. The van der Waals surface area contributed by atoms with Gasteiger partial charge in [0.15, 0.2) is 17.3 Å². The Labute approximate surface area is 240 Å². The van der Waals surface area contributed by atoms with Crippen molar-refractivity contribution in [3.05, 3.63) is 74.8 Å². The summed E-state index contributed by atoms with van der Waals surface area (Å²) in [6.45, 7) is 8.78. The Balaban J connectivity index is 1.49. The lowest BCUT2D eigenvalue weighted by Gasteiger charge is -2.30. The first-order valence-corrected chi connectivity index (χ1v) is 14.4. The van der Waals surface area contributed by atoms with E-state index in [2.05, 4.69) is 51.4 Å². The van der Waals surface area contributed by atoms with Crippen LogP contribution in [0.4, 0.5) is 0 Å². The van der Waals surface area contributed by atoms with Crippen LogP contribution >= 0.6 is 0 Å². The fourth-order valence-electron chi connectivity index (χ4n) is 5.77. The van der Waals surface area contributed by atoms with Crippen molar-refractivity contribution in [3.63, 3.8) is 0 Å². The van der Waals surface area contributed by atoms with Gasteiger partial charge in [0.05, 0.1) is 38.4 Å². The van der Waals surface area contributed by atoms with E-state index in [4.69, 9.17) is 14.2 Å². The zero-order valence-corrected chi connectivity index (χ0v) is 24.6. The number of hydrogen-bond donors (Lipinski definition) is 1. The molecule has 10 heteroatoms. The third-order valence-corrected chi connectivity index (χ3v) is 8.12. The maximum absolute atomic E-state index is 13.4. The van der Waals surface area contributed by atoms with Crippen LogP contribution < -0.4 is 15.0 Å². The summed E-state index contributed by atoms with van der Waals surface area (Å²) < 4.78 is 18.7. The molecule has 5 rings (SSSR count). The van der Waals surface area contributed by atoms with E-state index >= 15 is 0 Å². The van der Waals surface area contributed by atoms with Gasteiger partial charge in [-0.15, -0.1) is 5.10 Å². The second-order valence-corrected chi connectivity index (χ2v) is 10.8. The fourth-order valence-corrected chi connectivity index (χ4v) is 5.77. The zero-order chi connectivity index (χ0) is 28.9. The number of nitrogens with zero attached hydrogens (tertiary/aromatic N) is 5. The number of benzene rings is 2. The third kappa shape index (κ3) is 6.28. The first kappa shape index (κ1) is 28.8. The normalized spacial score (nSPS) is 16.0. The second kappa shape index (κ2) is 12.8. The number of rotatable bonds is 12. The molecule has 218 valence electrons. The SMILES string of the molecule is CC[C@H](c1nnnn1C[C@H]1CCCO1)N(CCc1ccc(OC)c(OC)c1)Cc1cc2c(C)ccc(C)c2[nH]c1=O. The maximum Gasteiger partial charge on any atom is 0.252 e. The first-order valence-electron chi connectivity index (χ1n) is 14.4. The van der Waals surface area contributed by atoms with E-state index < -0.39 is 0 Å². The average Bonchev–Trinajstić information content (AvgIpc) is 3.67. The van der Waals surface area contributed by atoms with Gasteiger partial charge in [-0.25, -0.2) is 4.68 Å². The van der Waals surface area contributed by atoms with Gasteiger partial charge in [-0.3, -0.25) is 9.69 Å². The van der Waals surface area contributed by atoms with E-state index in [9.17, 15) is 4.79 Å². The fraction of sp³-hybridized carbons (Fsp3) is 0.484. The van der Waals surface area contributed by atoms with Crippen molar-refractivity contribution in [3.8, 4) is 11.5 Å². The Morgan fingerprint density at radius 2 is 1.93 bits per heavy atom. The van der Waals surface area contributed by atoms with Crippen LogP contribution in [0.1, 0.15) is 60.3 Å². The number of methoxy groups -OCH3 is 2. The van der Waals surface area contributed by atoms with Crippen molar-refractivity contribution in [2.45, 2.75) is 71.7 Å². The number of aryl methyl sites for hydroxylation is 2. The van der Waals surface area contributed by atoms with Gasteiger partial charge in [0.2, 0.25) is 0 Å². The molecule has 2 aromatic carbocycles. The molecular formula is C31H40N6O4. The zero-order valence-electron chi connectivity index (χ0n) is 24.6. The number of ether oxygens (including phenoxy) is 3. The molecule has 1 N–H and O–H groups in total. The highest BCUT2D eigenvalue weighted by molar-refractivity contribution is 5.85. The monoisotopic (exact) mass is 560 g/mol. The largest absolute Gasteiger partial charge is 0.493 e. The molecule has 10 nitrogen and oxygen atoms in total. The summed E-state index contributed by atoms with van der Waals surface area (Å²) in [5, 5.41) is 13.9. The predicted octanol–water partition coefficient (Wildman–Crippen LogP) is 4.52. The minimum atomic E-state index is -0.0970. The van der Waals surface area contributed by atoms with Gasteiger partial charge in [-0.2, -0.15) is 0 Å². The van der Waals surface area contributed by atoms with Crippen molar-refractivity contribution < 1.29 is 14.2 Å². The number of aromatic amines is 1. The standard InChI is InChI=1S/C31H40N6O4/c1-6-26(30-33-34-35-37(30)19-24-8-7-15-41-24)36(14-13-22-11-12-27(39-4)28(16-22)40-5)18-23-17-25-20(2)9-10-21(3)29(25)32-31(23)38/h9-12,16-17,24,26H,6-8,13-15,18-19H2,1-5H3,(H,32,38)/t24-,26-/m1/s1. The van der Waals surface area contributed by atoms with Crippen LogP contribution in [0.25, 0.3) is 10.9 Å². The van der Waals surface area contributed by atoms with Crippen LogP contribution in [0.3, 0.4) is 0 Å². The Morgan fingerprint density at radius 1 is 1.12 bits per heavy atom. The number of hydrogen-bond acceptors (Lipinski definition) is 8. The molecular weight excluding hydrogens is 520 g/mol. The summed E-state index contributed by atoms with van der Waals surface area (Å²) in [5.41, 5.74) is 4.83. The molecule has 0 amide bonds. The molecule has 0 bridgehead atoms. The Bertz CT molecular complexity index is 1540. The molecule has 1 aliphatic heterocycles. The van der Waals surface area contributed by atoms with Crippen LogP contribution in [0.5, 0.6) is 11.5 Å². The van der Waals surface area contributed by atoms with Crippen molar-refractivity contribution in [1.82, 2.24) is 30.1 Å². The summed E-state index contributed by atoms with van der Waals surface area (Å²) >= 11 is 0. The minimum Gasteiger partial charge on any atom is -0.493 e. The molecule has 0 aliphatic carbocycles. The van der Waals surface area contributed by atoms with Crippen LogP contribution in [0.2, 0.25) is 0 Å². The number of tetrazole rings is 1. The average molecular weight is 561 g/mol. The molecule has 4 aromatic rings. The van der Waals surface area contributed by atoms with E-state index in [0.717, 1.165) is 71.3 Å². The van der Waals surface area contributed by atoms with E-state index in [0.29, 0.717) is 31.1 Å². The number of aromatic nitrogens is 5. The summed E-state index contributed by atoms with van der Waals surface area (Å²) in [4.78, 5) is 18.8. The number of nitrogens with one attached hydrogen (secondary N) is 1. The predicted molar refractivity (Wildman–Crippen MR) is 158 cm³/mol. The van der Waals surface area contributed by atoms with Gasteiger partial charge in [-0.1, -0.05) is 25.1 Å². The molecule has 2 aromatic heterocycles. The molecule has 3 heterocycles. The first-order chi connectivity index (χ1) is 19.9. The lowest BCUT2D eigenvalue weighted by atomic mass is 10.0. The summed E-state index contributed by atoms with van der Waals surface area (Å²) in [6, 6.07) is 12.1. The molecule has 1 aliphatic rings. The van der Waals surface area contributed by atoms with Crippen molar-refractivity contribution >= 4 is 10.9 Å². The summed E-state index contributed by atoms with van der Waals surface area (Å²) in [6.07, 6.45) is 3.70. The molecule has 41 heavy (non-hydrogen) atoms. The minimum absolute atomic E-state index is 0.0730. The van der Waals surface area contributed by atoms with Crippen LogP contribution in [0.15, 0.2) is 41.2 Å². The highest BCUT2D eigenvalue weighted by atomic mass is 16.5. The molecule has 0 spiro atoms. The van der Waals surface area contributed by atoms with Gasteiger partial charge < -0.3 is 19.2 Å². The Kier molecular flexibility index (Phi) is 8.99. The van der Waals surface area contributed by atoms with Crippen LogP contribution in [-0.2, 0) is 24.2 Å². The van der Waals surface area contributed by atoms with Crippen LogP contribution in [0, 0.1) is 13.8 Å². The third-order valence-electron chi connectivity index (χ3n) is 8.12. The highest BCUT2D eigenvalue weighted by Crippen LogP contribution is 2.30.